The summed E-state index contributed by atoms with van der Waals surface area (Å²) in [7, 11) is 1.56. The first-order valence-corrected chi connectivity index (χ1v) is 10.4. The van der Waals surface area contributed by atoms with Crippen molar-refractivity contribution < 1.29 is 23.8 Å². The highest BCUT2D eigenvalue weighted by atomic mass is 16.7. The van der Waals surface area contributed by atoms with Crippen LogP contribution in [0.2, 0.25) is 0 Å². The molecule has 170 valence electrons. The highest BCUT2D eigenvalue weighted by Gasteiger charge is 2.40. The summed E-state index contributed by atoms with van der Waals surface area (Å²) in [6, 6.07) is 8.82. The molecule has 4 rings (SSSR count). The predicted molar refractivity (Wildman–Crippen MR) is 118 cm³/mol. The van der Waals surface area contributed by atoms with Crippen LogP contribution >= 0.6 is 0 Å². The summed E-state index contributed by atoms with van der Waals surface area (Å²) in [6.07, 6.45) is -0.423. The molecule has 1 atom stereocenters. The van der Waals surface area contributed by atoms with Crippen molar-refractivity contribution in [3.63, 3.8) is 0 Å². The van der Waals surface area contributed by atoms with E-state index in [0.29, 0.717) is 30.4 Å². The Balaban J connectivity index is 1.60. The maximum atomic E-state index is 12.7. The quantitative estimate of drug-likeness (QED) is 0.722. The molecular formula is C22H27N5O5. The van der Waals surface area contributed by atoms with Crippen LogP contribution in [-0.2, 0) is 14.3 Å². The van der Waals surface area contributed by atoms with Crippen molar-refractivity contribution in [1.29, 1.82) is 0 Å². The van der Waals surface area contributed by atoms with Gasteiger partial charge in [-0.3, -0.25) is 4.79 Å². The Bertz CT molecular complexity index is 1020. The summed E-state index contributed by atoms with van der Waals surface area (Å²) >= 11 is 0. The number of carbonyl (C=O) groups excluding carboxylic acids is 2. The van der Waals surface area contributed by atoms with E-state index in [0.717, 1.165) is 11.3 Å². The van der Waals surface area contributed by atoms with Crippen LogP contribution in [0.15, 0.2) is 30.3 Å². The topological polar surface area (TPSA) is 106 Å². The van der Waals surface area contributed by atoms with Gasteiger partial charge in [-0.2, -0.15) is 0 Å². The fourth-order valence-electron chi connectivity index (χ4n) is 3.74. The van der Waals surface area contributed by atoms with E-state index in [1.54, 1.807) is 12.0 Å². The van der Waals surface area contributed by atoms with Crippen LogP contribution in [-0.4, -0.2) is 72.3 Å². The van der Waals surface area contributed by atoms with Gasteiger partial charge in [0.05, 0.1) is 17.9 Å². The molecule has 1 aromatic carbocycles. The largest absolute Gasteiger partial charge is 0.467 e. The molecule has 2 aliphatic rings. The van der Waals surface area contributed by atoms with Gasteiger partial charge >= 0.3 is 6.09 Å². The molecule has 2 aromatic rings. The number of methoxy groups -OCH3 is 1. The lowest BCUT2D eigenvalue weighted by Gasteiger charge is -2.44. The van der Waals surface area contributed by atoms with Crippen LogP contribution in [0.4, 0.5) is 16.3 Å². The highest BCUT2D eigenvalue weighted by molar-refractivity contribution is 6.03. The molecule has 1 aromatic heterocycles. The number of aromatic nitrogens is 2. The van der Waals surface area contributed by atoms with Crippen molar-refractivity contribution >= 4 is 23.5 Å². The van der Waals surface area contributed by atoms with E-state index >= 15 is 0 Å². The van der Waals surface area contributed by atoms with Gasteiger partial charge in [-0.15, -0.1) is 10.2 Å². The molecule has 1 saturated heterocycles. The summed E-state index contributed by atoms with van der Waals surface area (Å²) in [5, 5.41) is 11.3. The molecular weight excluding hydrogens is 414 g/mol. The molecule has 2 aliphatic heterocycles. The van der Waals surface area contributed by atoms with Gasteiger partial charge in [0, 0.05) is 25.8 Å². The fourth-order valence-corrected chi connectivity index (χ4v) is 3.74. The van der Waals surface area contributed by atoms with Gasteiger partial charge in [0.15, 0.2) is 12.6 Å². The van der Waals surface area contributed by atoms with E-state index in [-0.39, 0.29) is 19.2 Å². The molecule has 0 bridgehead atoms. The average Bonchev–Trinajstić information content (AvgIpc) is 2.76. The van der Waals surface area contributed by atoms with Crippen LogP contribution in [0.3, 0.4) is 0 Å². The van der Waals surface area contributed by atoms with Crippen LogP contribution in [0.25, 0.3) is 11.3 Å². The first kappa shape index (κ1) is 21.8. The summed E-state index contributed by atoms with van der Waals surface area (Å²) in [6.45, 7) is 6.70. The molecule has 0 saturated carbocycles. The molecule has 0 spiro atoms. The van der Waals surface area contributed by atoms with Gasteiger partial charge in [-0.1, -0.05) is 12.1 Å². The summed E-state index contributed by atoms with van der Waals surface area (Å²) in [4.78, 5) is 28.8. The smallest absolute Gasteiger partial charge is 0.410 e. The standard InChI is InChI=1S/C22H27N5O5/c1-22(2,3)32-21(29)26-9-10-27-16-11-15(14-7-5-6-8-18(14)31-13-30-4)24-25-19(16)23-20(28)17(27)12-26/h5-8,11,17H,9-10,12-13H2,1-4H3,(H,23,25,28). The lowest BCUT2D eigenvalue weighted by molar-refractivity contribution is -0.118. The normalized spacial score (nSPS) is 17.9. The number of piperazine rings is 1. The van der Waals surface area contributed by atoms with Gasteiger partial charge in [0.2, 0.25) is 5.91 Å². The monoisotopic (exact) mass is 441 g/mol. The molecule has 32 heavy (non-hydrogen) atoms. The lowest BCUT2D eigenvalue weighted by atomic mass is 10.1. The highest BCUT2D eigenvalue weighted by Crippen LogP contribution is 2.36. The minimum absolute atomic E-state index is 0.111. The number of carbonyl (C=O) groups is 2. The Kier molecular flexibility index (Phi) is 5.88. The van der Waals surface area contributed by atoms with Gasteiger partial charge in [0.25, 0.3) is 0 Å². The van der Waals surface area contributed by atoms with Crippen molar-refractivity contribution in [2.24, 2.45) is 0 Å². The number of ether oxygens (including phenoxy) is 3. The molecule has 1 N–H and O–H groups in total. The van der Waals surface area contributed by atoms with E-state index in [1.807, 2.05) is 56.0 Å². The minimum Gasteiger partial charge on any atom is -0.467 e. The third-order valence-corrected chi connectivity index (χ3v) is 5.15. The second-order valence-electron chi connectivity index (χ2n) is 8.64. The Morgan fingerprint density at radius 1 is 1.22 bits per heavy atom. The molecule has 10 nitrogen and oxygen atoms in total. The number of hydrogen-bond donors (Lipinski definition) is 1. The SMILES string of the molecule is COCOc1ccccc1-c1cc2c(nn1)NC(=O)C1CN(C(=O)OC(C)(C)C)CCN21. The zero-order chi connectivity index (χ0) is 22.9. The number of nitrogens with zero attached hydrogens (tertiary/aromatic N) is 4. The predicted octanol–water partition coefficient (Wildman–Crippen LogP) is 2.50. The van der Waals surface area contributed by atoms with Crippen LogP contribution < -0.4 is 15.0 Å². The van der Waals surface area contributed by atoms with Crippen LogP contribution in [0.1, 0.15) is 20.8 Å². The number of anilines is 2. The summed E-state index contributed by atoms with van der Waals surface area (Å²) in [5.74, 6) is 0.794. The molecule has 0 radical (unpaired) electrons. The third kappa shape index (κ3) is 4.45. The van der Waals surface area contributed by atoms with Crippen LogP contribution in [0, 0.1) is 0 Å². The maximum absolute atomic E-state index is 12.7. The zero-order valence-electron chi connectivity index (χ0n) is 18.6. The van der Waals surface area contributed by atoms with E-state index in [2.05, 4.69) is 15.5 Å². The Hall–Kier alpha value is -3.40. The Morgan fingerprint density at radius 2 is 2.00 bits per heavy atom. The zero-order valence-corrected chi connectivity index (χ0v) is 18.6. The van der Waals surface area contributed by atoms with Crippen molar-refractivity contribution in [3.8, 4) is 17.0 Å². The molecule has 1 fully saturated rings. The van der Waals surface area contributed by atoms with E-state index < -0.39 is 17.7 Å². The maximum Gasteiger partial charge on any atom is 0.410 e. The van der Waals surface area contributed by atoms with Gasteiger partial charge in [-0.05, 0) is 39.0 Å². The lowest BCUT2D eigenvalue weighted by Crippen LogP contribution is -2.61. The summed E-state index contributed by atoms with van der Waals surface area (Å²) < 4.78 is 16.1. The van der Waals surface area contributed by atoms with Crippen molar-refractivity contribution in [1.82, 2.24) is 15.1 Å². The number of rotatable bonds is 4. The Labute approximate surface area is 186 Å². The average molecular weight is 441 g/mol. The first-order chi connectivity index (χ1) is 15.3. The molecule has 1 unspecified atom stereocenters. The van der Waals surface area contributed by atoms with Gasteiger partial charge < -0.3 is 29.3 Å². The molecule has 2 amide bonds. The second kappa shape index (κ2) is 8.62. The summed E-state index contributed by atoms with van der Waals surface area (Å²) in [5.41, 5.74) is 1.53. The third-order valence-electron chi connectivity index (χ3n) is 5.15. The van der Waals surface area contributed by atoms with E-state index in [1.165, 1.54) is 0 Å². The van der Waals surface area contributed by atoms with Crippen molar-refractivity contribution in [2.75, 3.05) is 43.8 Å². The molecule has 10 heteroatoms. The van der Waals surface area contributed by atoms with Crippen molar-refractivity contribution in [2.45, 2.75) is 32.4 Å². The number of amides is 2. The van der Waals surface area contributed by atoms with Crippen LogP contribution in [0.5, 0.6) is 5.75 Å². The van der Waals surface area contributed by atoms with E-state index in [4.69, 9.17) is 14.2 Å². The number of fused-ring (bicyclic) bond motifs is 3. The first-order valence-electron chi connectivity index (χ1n) is 10.4. The number of hydrogen-bond acceptors (Lipinski definition) is 8. The number of para-hydroxylation sites is 1. The van der Waals surface area contributed by atoms with Gasteiger partial charge in [-0.25, -0.2) is 4.79 Å². The van der Waals surface area contributed by atoms with Gasteiger partial charge in [0.1, 0.15) is 17.4 Å². The Morgan fingerprint density at radius 3 is 2.75 bits per heavy atom. The molecule has 3 heterocycles. The number of nitrogens with one attached hydrogen (secondary N) is 1. The fraction of sp³-hybridized carbons (Fsp3) is 0.455. The van der Waals surface area contributed by atoms with Crippen molar-refractivity contribution in [3.05, 3.63) is 30.3 Å². The molecule has 0 aliphatic carbocycles. The van der Waals surface area contributed by atoms with E-state index in [9.17, 15) is 9.59 Å². The second-order valence-corrected chi connectivity index (χ2v) is 8.64. The minimum atomic E-state index is -0.599. The number of benzene rings is 1.